The standard InChI is InChI=1S/C12H8OS2/c13-12-14-10-6-5-9(7-11(10)15-12)8-3-1-2-4-8/h1-3,5-7H,4H2. The van der Waals surface area contributed by atoms with E-state index in [1.807, 2.05) is 6.07 Å². The zero-order chi connectivity index (χ0) is 10.3. The molecular formula is C12H8OS2. The van der Waals surface area contributed by atoms with E-state index in [0.717, 1.165) is 15.8 Å². The lowest BCUT2D eigenvalue weighted by Crippen LogP contribution is -1.78. The van der Waals surface area contributed by atoms with E-state index in [0.29, 0.717) is 0 Å². The van der Waals surface area contributed by atoms with E-state index < -0.39 is 0 Å². The van der Waals surface area contributed by atoms with E-state index in [4.69, 9.17) is 0 Å². The first-order valence-electron chi connectivity index (χ1n) is 4.73. The molecule has 0 fully saturated rings. The average Bonchev–Trinajstić information content (AvgIpc) is 2.82. The van der Waals surface area contributed by atoms with Gasteiger partial charge in [0, 0.05) is 9.40 Å². The molecule has 0 radical (unpaired) electrons. The maximum absolute atomic E-state index is 11.2. The molecule has 0 spiro atoms. The number of benzene rings is 1. The Morgan fingerprint density at radius 1 is 1.13 bits per heavy atom. The minimum absolute atomic E-state index is 0.181. The molecule has 0 amide bonds. The van der Waals surface area contributed by atoms with E-state index in [-0.39, 0.29) is 4.06 Å². The Bertz CT molecular complexity index is 628. The van der Waals surface area contributed by atoms with Crippen molar-refractivity contribution in [1.29, 1.82) is 0 Å². The first-order chi connectivity index (χ1) is 7.33. The number of allylic oxidation sites excluding steroid dienone is 4. The van der Waals surface area contributed by atoms with Gasteiger partial charge < -0.3 is 0 Å². The molecule has 0 unspecified atom stereocenters. The van der Waals surface area contributed by atoms with Crippen LogP contribution in [-0.2, 0) is 0 Å². The maximum Gasteiger partial charge on any atom is 0.288 e. The molecule has 74 valence electrons. The Balaban J connectivity index is 2.17. The lowest BCUT2D eigenvalue weighted by molar-refractivity contribution is 1.44. The largest absolute Gasteiger partial charge is 0.288 e. The van der Waals surface area contributed by atoms with Crippen LogP contribution in [0, 0.1) is 0 Å². The monoisotopic (exact) mass is 232 g/mol. The van der Waals surface area contributed by atoms with Crippen LogP contribution in [-0.4, -0.2) is 0 Å². The molecule has 2 aromatic rings. The Morgan fingerprint density at radius 2 is 2.00 bits per heavy atom. The van der Waals surface area contributed by atoms with Crippen LogP contribution in [0.4, 0.5) is 0 Å². The first kappa shape index (κ1) is 9.07. The van der Waals surface area contributed by atoms with Gasteiger partial charge in [-0.05, 0) is 29.7 Å². The van der Waals surface area contributed by atoms with Gasteiger partial charge in [-0.25, -0.2) is 0 Å². The lowest BCUT2D eigenvalue weighted by Gasteiger charge is -2.00. The van der Waals surface area contributed by atoms with Gasteiger partial charge in [-0.1, -0.05) is 47.0 Å². The van der Waals surface area contributed by atoms with Gasteiger partial charge in [0.15, 0.2) is 0 Å². The van der Waals surface area contributed by atoms with Gasteiger partial charge in [-0.3, -0.25) is 4.79 Å². The van der Waals surface area contributed by atoms with Crippen LogP contribution in [0.2, 0.25) is 0 Å². The van der Waals surface area contributed by atoms with Crippen LogP contribution in [0.3, 0.4) is 0 Å². The van der Waals surface area contributed by atoms with E-state index in [9.17, 15) is 4.79 Å². The fourth-order valence-corrected chi connectivity index (χ4v) is 3.70. The predicted molar refractivity (Wildman–Crippen MR) is 67.7 cm³/mol. The molecule has 0 saturated heterocycles. The van der Waals surface area contributed by atoms with E-state index in [1.54, 1.807) is 0 Å². The highest BCUT2D eigenvalue weighted by atomic mass is 32.2. The van der Waals surface area contributed by atoms with Crippen molar-refractivity contribution in [2.24, 2.45) is 0 Å². The highest BCUT2D eigenvalue weighted by Gasteiger charge is 2.06. The third-order valence-corrected chi connectivity index (χ3v) is 4.57. The van der Waals surface area contributed by atoms with Gasteiger partial charge in [0.2, 0.25) is 0 Å². The summed E-state index contributed by atoms with van der Waals surface area (Å²) < 4.78 is 2.39. The van der Waals surface area contributed by atoms with Crippen LogP contribution < -0.4 is 4.06 Å². The molecule has 0 N–H and O–H groups in total. The summed E-state index contributed by atoms with van der Waals surface area (Å²) in [5.74, 6) is 0. The SMILES string of the molecule is O=c1sc2ccc(C3=CC=CC3)cc2s1. The Hall–Kier alpha value is -1.19. The summed E-state index contributed by atoms with van der Waals surface area (Å²) >= 11 is 2.67. The summed E-state index contributed by atoms with van der Waals surface area (Å²) in [4.78, 5) is 11.2. The fourth-order valence-electron chi connectivity index (χ4n) is 1.73. The third-order valence-electron chi connectivity index (χ3n) is 2.47. The summed E-state index contributed by atoms with van der Waals surface area (Å²) in [6, 6.07) is 6.27. The number of rotatable bonds is 1. The summed E-state index contributed by atoms with van der Waals surface area (Å²) in [5, 5.41) is 0. The molecule has 1 heterocycles. The summed E-state index contributed by atoms with van der Waals surface area (Å²) in [6.45, 7) is 0. The summed E-state index contributed by atoms with van der Waals surface area (Å²) in [5.41, 5.74) is 2.57. The number of hydrogen-bond donors (Lipinski definition) is 0. The summed E-state index contributed by atoms with van der Waals surface area (Å²) in [6.07, 6.45) is 7.37. The van der Waals surface area contributed by atoms with Crippen molar-refractivity contribution in [3.05, 3.63) is 50.8 Å². The second kappa shape index (κ2) is 3.43. The van der Waals surface area contributed by atoms with Crippen LogP contribution in [0.15, 0.2) is 41.2 Å². The van der Waals surface area contributed by atoms with Crippen molar-refractivity contribution in [3.8, 4) is 0 Å². The van der Waals surface area contributed by atoms with Crippen molar-refractivity contribution in [2.75, 3.05) is 0 Å². The number of fused-ring (bicyclic) bond motifs is 1. The molecule has 3 rings (SSSR count). The smallest absolute Gasteiger partial charge is 0.265 e. The zero-order valence-electron chi connectivity index (χ0n) is 7.90. The normalized spacial score (nSPS) is 14.8. The van der Waals surface area contributed by atoms with Crippen molar-refractivity contribution in [2.45, 2.75) is 6.42 Å². The second-order valence-corrected chi connectivity index (χ2v) is 5.73. The topological polar surface area (TPSA) is 17.1 Å². The molecule has 0 atom stereocenters. The molecule has 3 heteroatoms. The maximum atomic E-state index is 11.2. The Morgan fingerprint density at radius 3 is 2.80 bits per heavy atom. The second-order valence-electron chi connectivity index (χ2n) is 3.44. The van der Waals surface area contributed by atoms with E-state index >= 15 is 0 Å². The molecule has 0 bridgehead atoms. The van der Waals surface area contributed by atoms with Gasteiger partial charge in [0.05, 0.1) is 0 Å². The highest BCUT2D eigenvalue weighted by Crippen LogP contribution is 2.28. The number of hydrogen-bond acceptors (Lipinski definition) is 3. The quantitative estimate of drug-likeness (QED) is 0.733. The first-order valence-corrected chi connectivity index (χ1v) is 6.36. The molecule has 1 aliphatic carbocycles. The van der Waals surface area contributed by atoms with E-state index in [2.05, 4.69) is 30.4 Å². The van der Waals surface area contributed by atoms with Gasteiger partial charge in [-0.2, -0.15) is 0 Å². The molecule has 1 aromatic carbocycles. The van der Waals surface area contributed by atoms with Crippen molar-refractivity contribution >= 4 is 37.6 Å². The van der Waals surface area contributed by atoms with E-state index in [1.165, 1.54) is 33.8 Å². The molecule has 1 nitrogen and oxygen atoms in total. The van der Waals surface area contributed by atoms with Gasteiger partial charge in [-0.15, -0.1) is 0 Å². The van der Waals surface area contributed by atoms with Crippen molar-refractivity contribution in [1.82, 2.24) is 0 Å². The highest BCUT2D eigenvalue weighted by molar-refractivity contribution is 7.35. The van der Waals surface area contributed by atoms with Gasteiger partial charge in [0.1, 0.15) is 0 Å². The van der Waals surface area contributed by atoms with Crippen molar-refractivity contribution < 1.29 is 0 Å². The fraction of sp³-hybridized carbons (Fsp3) is 0.0833. The third kappa shape index (κ3) is 1.58. The van der Waals surface area contributed by atoms with Crippen molar-refractivity contribution in [3.63, 3.8) is 0 Å². The van der Waals surface area contributed by atoms with Gasteiger partial charge in [0.25, 0.3) is 4.06 Å². The minimum Gasteiger partial charge on any atom is -0.265 e. The molecule has 0 aliphatic heterocycles. The molecule has 15 heavy (non-hydrogen) atoms. The Kier molecular flexibility index (Phi) is 2.08. The van der Waals surface area contributed by atoms with Crippen LogP contribution in [0.1, 0.15) is 12.0 Å². The molecule has 0 saturated carbocycles. The average molecular weight is 232 g/mol. The Labute approximate surface area is 95.0 Å². The predicted octanol–water partition coefficient (Wildman–Crippen LogP) is 3.67. The van der Waals surface area contributed by atoms with Crippen LogP contribution in [0.5, 0.6) is 0 Å². The van der Waals surface area contributed by atoms with Gasteiger partial charge >= 0.3 is 0 Å². The van der Waals surface area contributed by atoms with Crippen LogP contribution in [0.25, 0.3) is 15.0 Å². The molecular weight excluding hydrogens is 224 g/mol. The minimum atomic E-state index is 0.181. The van der Waals surface area contributed by atoms with Crippen LogP contribution >= 0.6 is 22.7 Å². The zero-order valence-corrected chi connectivity index (χ0v) is 9.53. The lowest BCUT2D eigenvalue weighted by atomic mass is 10.1. The summed E-state index contributed by atoms with van der Waals surface area (Å²) in [7, 11) is 0. The molecule has 1 aromatic heterocycles. The molecule has 1 aliphatic rings.